The topological polar surface area (TPSA) is 77.7 Å². The first kappa shape index (κ1) is 27.5. The molecule has 2 fully saturated rings. The third kappa shape index (κ3) is 5.00. The van der Waals surface area contributed by atoms with Gasteiger partial charge in [-0.2, -0.15) is 4.37 Å². The van der Waals surface area contributed by atoms with Gasteiger partial charge >= 0.3 is 5.97 Å². The van der Waals surface area contributed by atoms with Crippen LogP contribution in [0.15, 0.2) is 59.1 Å². The van der Waals surface area contributed by atoms with Crippen LogP contribution in [0.25, 0.3) is 21.3 Å². The third-order valence-corrected chi connectivity index (χ3v) is 9.61. The first-order valence-electron chi connectivity index (χ1n) is 13.5. The highest BCUT2D eigenvalue weighted by Crippen LogP contribution is 2.46. The fraction of sp³-hybridized carbons (Fsp3) is 0.258. The Labute approximate surface area is 261 Å². The Morgan fingerprint density at radius 2 is 1.81 bits per heavy atom. The number of hydrogen-bond donors (Lipinski definition) is 0. The average molecular weight is 641 g/mol. The normalized spacial score (nSPS) is 15.2. The zero-order valence-electron chi connectivity index (χ0n) is 22.4. The minimum atomic E-state index is -0.421. The molecule has 7 nitrogen and oxygen atoms in total. The lowest BCUT2D eigenvalue weighted by Gasteiger charge is -2.41. The number of anilines is 1. The van der Waals surface area contributed by atoms with E-state index in [4.69, 9.17) is 48.8 Å². The number of methoxy groups -OCH3 is 1. The van der Waals surface area contributed by atoms with Crippen LogP contribution in [-0.4, -0.2) is 35.7 Å². The molecule has 5 aromatic rings. The van der Waals surface area contributed by atoms with Crippen molar-refractivity contribution in [2.45, 2.75) is 31.3 Å². The molecule has 1 aliphatic carbocycles. The van der Waals surface area contributed by atoms with Gasteiger partial charge in [-0.25, -0.2) is 4.79 Å². The fourth-order valence-electron chi connectivity index (χ4n) is 5.39. The standard InChI is InChI=1S/C31H24Cl3N3O4S/c1-39-31(38)29-21-9-7-18(11-26(21)42-36-29)37-13-17(14-37)20-10-8-19(12-25(20)34)40-15-22-28(35-41-30(22)16-5-6-16)27-23(32)3-2-4-24(27)33/h2-4,7-12,16-17H,5-6,13-15H2,1H3. The van der Waals surface area contributed by atoms with Crippen LogP contribution in [0, 0.1) is 0 Å². The molecule has 1 aliphatic heterocycles. The van der Waals surface area contributed by atoms with Crippen molar-refractivity contribution in [3.8, 4) is 17.0 Å². The Hall–Kier alpha value is -3.30. The molecule has 3 aromatic carbocycles. The first-order valence-corrected chi connectivity index (χ1v) is 15.4. The van der Waals surface area contributed by atoms with Crippen molar-refractivity contribution in [2.75, 3.05) is 25.1 Å². The van der Waals surface area contributed by atoms with Gasteiger partial charge in [0, 0.05) is 46.6 Å². The quantitative estimate of drug-likeness (QED) is 0.157. The fourth-order valence-corrected chi connectivity index (χ4v) is 7.09. The summed E-state index contributed by atoms with van der Waals surface area (Å²) in [5, 5.41) is 6.84. The highest BCUT2D eigenvalue weighted by atomic mass is 35.5. The van der Waals surface area contributed by atoms with E-state index in [0.717, 1.165) is 58.6 Å². The molecule has 0 spiro atoms. The van der Waals surface area contributed by atoms with Gasteiger partial charge in [-0.1, -0.05) is 52.1 Å². The summed E-state index contributed by atoms with van der Waals surface area (Å²) in [4.78, 5) is 14.2. The maximum Gasteiger partial charge on any atom is 0.358 e. The number of aromatic nitrogens is 2. The summed E-state index contributed by atoms with van der Waals surface area (Å²) < 4.78 is 22.0. The second-order valence-corrected chi connectivity index (χ2v) is 12.5. The van der Waals surface area contributed by atoms with Gasteiger partial charge in [0.2, 0.25) is 0 Å². The number of hydrogen-bond acceptors (Lipinski definition) is 8. The van der Waals surface area contributed by atoms with Crippen molar-refractivity contribution in [3.05, 3.63) is 92.2 Å². The van der Waals surface area contributed by atoms with Gasteiger partial charge in [0.05, 0.1) is 27.4 Å². The average Bonchev–Trinajstić information content (AvgIpc) is 3.58. The van der Waals surface area contributed by atoms with Gasteiger partial charge in [0.1, 0.15) is 23.8 Å². The van der Waals surface area contributed by atoms with E-state index in [1.54, 1.807) is 18.2 Å². The number of nitrogens with zero attached hydrogens (tertiary/aromatic N) is 3. The highest BCUT2D eigenvalue weighted by Gasteiger charge is 2.34. The predicted molar refractivity (Wildman–Crippen MR) is 166 cm³/mol. The number of fused-ring (bicyclic) bond motifs is 1. The molecule has 2 aromatic heterocycles. The molecule has 1 saturated heterocycles. The Balaban J connectivity index is 1.04. The molecule has 7 rings (SSSR count). The molecule has 0 amide bonds. The number of ether oxygens (including phenoxy) is 2. The molecule has 11 heteroatoms. The Bertz CT molecular complexity index is 1810. The van der Waals surface area contributed by atoms with Gasteiger partial charge < -0.3 is 18.9 Å². The van der Waals surface area contributed by atoms with Gasteiger partial charge in [0.15, 0.2) is 5.69 Å². The first-order chi connectivity index (χ1) is 20.4. The van der Waals surface area contributed by atoms with Crippen LogP contribution in [0.2, 0.25) is 15.1 Å². The summed E-state index contributed by atoms with van der Waals surface area (Å²) in [6.07, 6.45) is 2.12. The van der Waals surface area contributed by atoms with Crippen molar-refractivity contribution in [2.24, 2.45) is 0 Å². The van der Waals surface area contributed by atoms with Crippen molar-refractivity contribution in [3.63, 3.8) is 0 Å². The van der Waals surface area contributed by atoms with Gasteiger partial charge in [-0.3, -0.25) is 0 Å². The van der Waals surface area contributed by atoms with E-state index in [0.29, 0.717) is 49.6 Å². The summed E-state index contributed by atoms with van der Waals surface area (Å²) in [7, 11) is 1.36. The van der Waals surface area contributed by atoms with Crippen molar-refractivity contribution >= 4 is 68.1 Å². The van der Waals surface area contributed by atoms with Crippen LogP contribution >= 0.6 is 46.3 Å². The molecule has 0 N–H and O–H groups in total. The second-order valence-electron chi connectivity index (χ2n) is 10.5. The highest BCUT2D eigenvalue weighted by molar-refractivity contribution is 7.13. The summed E-state index contributed by atoms with van der Waals surface area (Å²) in [6, 6.07) is 17.3. The van der Waals surface area contributed by atoms with E-state index in [1.165, 1.54) is 18.6 Å². The van der Waals surface area contributed by atoms with E-state index in [9.17, 15) is 4.79 Å². The number of rotatable bonds is 8. The van der Waals surface area contributed by atoms with Crippen molar-refractivity contribution in [1.29, 1.82) is 0 Å². The third-order valence-electron chi connectivity index (χ3n) is 7.84. The molecule has 3 heterocycles. The van der Waals surface area contributed by atoms with E-state index in [1.807, 2.05) is 30.3 Å². The van der Waals surface area contributed by atoms with Crippen LogP contribution in [0.1, 0.15) is 52.1 Å². The summed E-state index contributed by atoms with van der Waals surface area (Å²) >= 11 is 21.0. The molecule has 214 valence electrons. The lowest BCUT2D eigenvalue weighted by atomic mass is 9.90. The van der Waals surface area contributed by atoms with E-state index in [2.05, 4.69) is 20.5 Å². The molecular formula is C31H24Cl3N3O4S. The molecule has 0 atom stereocenters. The van der Waals surface area contributed by atoms with E-state index >= 15 is 0 Å². The molecule has 0 unspecified atom stereocenters. The Morgan fingerprint density at radius 1 is 1.02 bits per heavy atom. The number of esters is 1. The number of halogens is 3. The molecule has 1 saturated carbocycles. The minimum absolute atomic E-state index is 0.261. The minimum Gasteiger partial charge on any atom is -0.489 e. The van der Waals surface area contributed by atoms with Crippen LogP contribution in [0.4, 0.5) is 5.69 Å². The maximum atomic E-state index is 11.9. The van der Waals surface area contributed by atoms with Crippen molar-refractivity contribution in [1.82, 2.24) is 9.53 Å². The van der Waals surface area contributed by atoms with Crippen LogP contribution in [-0.2, 0) is 11.3 Å². The van der Waals surface area contributed by atoms with Crippen LogP contribution in [0.5, 0.6) is 5.75 Å². The zero-order valence-corrected chi connectivity index (χ0v) is 25.5. The van der Waals surface area contributed by atoms with Crippen LogP contribution in [0.3, 0.4) is 0 Å². The molecule has 2 aliphatic rings. The molecular weight excluding hydrogens is 617 g/mol. The van der Waals surface area contributed by atoms with E-state index < -0.39 is 5.97 Å². The number of carbonyl (C=O) groups excluding carboxylic acids is 1. The molecule has 42 heavy (non-hydrogen) atoms. The lowest BCUT2D eigenvalue weighted by molar-refractivity contribution is 0.0598. The Morgan fingerprint density at radius 3 is 2.52 bits per heavy atom. The second kappa shape index (κ2) is 11.1. The largest absolute Gasteiger partial charge is 0.489 e. The molecule has 0 radical (unpaired) electrons. The summed E-state index contributed by atoms with van der Waals surface area (Å²) in [5.74, 6) is 1.70. The van der Waals surface area contributed by atoms with Gasteiger partial charge in [-0.05, 0) is 72.4 Å². The monoisotopic (exact) mass is 639 g/mol. The number of benzene rings is 3. The van der Waals surface area contributed by atoms with Crippen molar-refractivity contribution < 1.29 is 18.8 Å². The predicted octanol–water partition coefficient (Wildman–Crippen LogP) is 8.76. The Kier molecular flexibility index (Phi) is 7.26. The zero-order chi connectivity index (χ0) is 29.0. The number of carbonyl (C=O) groups is 1. The lowest BCUT2D eigenvalue weighted by Crippen LogP contribution is -2.45. The SMILES string of the molecule is COC(=O)c1nsc2cc(N3CC(c4ccc(OCc5c(-c6c(Cl)cccc6Cl)noc5C5CC5)cc4Cl)C3)ccc12. The van der Waals surface area contributed by atoms with Gasteiger partial charge in [0.25, 0.3) is 0 Å². The van der Waals surface area contributed by atoms with Crippen LogP contribution < -0.4 is 9.64 Å². The van der Waals surface area contributed by atoms with E-state index in [-0.39, 0.29) is 6.61 Å². The molecule has 0 bridgehead atoms. The summed E-state index contributed by atoms with van der Waals surface area (Å²) in [5.41, 5.74) is 4.65. The summed E-state index contributed by atoms with van der Waals surface area (Å²) in [6.45, 7) is 1.93. The smallest absolute Gasteiger partial charge is 0.358 e. The maximum absolute atomic E-state index is 11.9. The van der Waals surface area contributed by atoms with Gasteiger partial charge in [-0.15, -0.1) is 0 Å².